The van der Waals surface area contributed by atoms with Crippen LogP contribution in [0, 0.1) is 11.8 Å². The summed E-state index contributed by atoms with van der Waals surface area (Å²) in [5, 5.41) is 14.5. The van der Waals surface area contributed by atoms with Gasteiger partial charge in [0.2, 0.25) is 0 Å². The van der Waals surface area contributed by atoms with E-state index in [1.807, 2.05) is 20.8 Å². The molecule has 3 N–H and O–H groups in total. The minimum absolute atomic E-state index is 0.155. The molecule has 1 unspecified atom stereocenters. The van der Waals surface area contributed by atoms with Crippen LogP contribution < -0.4 is 10.6 Å². The Hall–Kier alpha value is -1.26. The molecule has 2 amide bonds. The number of hydrogen-bond acceptors (Lipinski definition) is 2. The Bertz CT molecular complexity index is 314. The number of nitrogens with one attached hydrogen (secondary N) is 2. The first-order valence-electron chi connectivity index (χ1n) is 7.45. The van der Waals surface area contributed by atoms with Gasteiger partial charge in [-0.1, -0.05) is 20.8 Å². The van der Waals surface area contributed by atoms with Crippen molar-refractivity contribution in [1.29, 1.82) is 0 Å². The number of carboxylic acid groups (broad SMARTS) is 1. The van der Waals surface area contributed by atoms with E-state index >= 15 is 0 Å². The highest BCUT2D eigenvalue weighted by Gasteiger charge is 2.18. The van der Waals surface area contributed by atoms with Gasteiger partial charge in [0.1, 0.15) is 0 Å². The van der Waals surface area contributed by atoms with Crippen LogP contribution in [0.1, 0.15) is 60.3 Å². The molecule has 0 aromatic heterocycles. The van der Waals surface area contributed by atoms with Crippen LogP contribution in [0.5, 0.6) is 0 Å². The summed E-state index contributed by atoms with van der Waals surface area (Å²) in [6.45, 7) is 10.8. The summed E-state index contributed by atoms with van der Waals surface area (Å²) in [6, 6.07) is -0.155. The van der Waals surface area contributed by atoms with Crippen molar-refractivity contribution in [2.45, 2.75) is 65.8 Å². The molecule has 0 saturated carbocycles. The SMILES string of the molecule is CCC(C)(C)NC(=O)NCCC(CCC(=O)O)C(C)C. The van der Waals surface area contributed by atoms with Crippen molar-refractivity contribution >= 4 is 12.0 Å². The molecular formula is C15H30N2O3. The van der Waals surface area contributed by atoms with E-state index in [2.05, 4.69) is 24.5 Å². The summed E-state index contributed by atoms with van der Waals surface area (Å²) in [4.78, 5) is 22.3. The van der Waals surface area contributed by atoms with E-state index in [4.69, 9.17) is 5.11 Å². The number of amides is 2. The fourth-order valence-electron chi connectivity index (χ4n) is 1.93. The van der Waals surface area contributed by atoms with Gasteiger partial charge in [-0.25, -0.2) is 4.79 Å². The highest BCUT2D eigenvalue weighted by atomic mass is 16.4. The molecule has 0 rings (SSSR count). The van der Waals surface area contributed by atoms with E-state index in [-0.39, 0.29) is 18.0 Å². The van der Waals surface area contributed by atoms with E-state index in [1.54, 1.807) is 0 Å². The molecule has 0 heterocycles. The van der Waals surface area contributed by atoms with Crippen molar-refractivity contribution in [1.82, 2.24) is 10.6 Å². The Morgan fingerprint density at radius 2 is 1.80 bits per heavy atom. The second kappa shape index (κ2) is 8.82. The molecule has 0 radical (unpaired) electrons. The minimum atomic E-state index is -0.758. The average Bonchev–Trinajstić information content (AvgIpc) is 2.32. The van der Waals surface area contributed by atoms with Gasteiger partial charge >= 0.3 is 12.0 Å². The standard InChI is InChI=1S/C15H30N2O3/c1-6-15(4,5)17-14(20)16-10-9-12(11(2)3)7-8-13(18)19/h11-12H,6-10H2,1-5H3,(H,18,19)(H2,16,17,20). The molecule has 0 bridgehead atoms. The maximum Gasteiger partial charge on any atom is 0.315 e. The molecule has 5 nitrogen and oxygen atoms in total. The Morgan fingerprint density at radius 1 is 1.20 bits per heavy atom. The zero-order chi connectivity index (χ0) is 15.8. The van der Waals surface area contributed by atoms with E-state index in [1.165, 1.54) is 0 Å². The number of carbonyl (C=O) groups excluding carboxylic acids is 1. The number of rotatable bonds is 9. The maximum atomic E-state index is 11.7. The summed E-state index contributed by atoms with van der Waals surface area (Å²) in [6.07, 6.45) is 2.53. The van der Waals surface area contributed by atoms with Crippen LogP contribution in [-0.2, 0) is 4.79 Å². The van der Waals surface area contributed by atoms with Crippen LogP contribution in [-0.4, -0.2) is 29.2 Å². The van der Waals surface area contributed by atoms with Crippen molar-refractivity contribution in [2.24, 2.45) is 11.8 Å². The van der Waals surface area contributed by atoms with Crippen LogP contribution in [0.2, 0.25) is 0 Å². The molecule has 0 aliphatic rings. The van der Waals surface area contributed by atoms with E-state index in [9.17, 15) is 9.59 Å². The predicted octanol–water partition coefficient (Wildman–Crippen LogP) is 3.00. The first-order chi connectivity index (χ1) is 9.18. The van der Waals surface area contributed by atoms with Crippen LogP contribution in [0.25, 0.3) is 0 Å². The minimum Gasteiger partial charge on any atom is -0.481 e. The lowest BCUT2D eigenvalue weighted by molar-refractivity contribution is -0.137. The van der Waals surface area contributed by atoms with Crippen molar-refractivity contribution in [2.75, 3.05) is 6.54 Å². The van der Waals surface area contributed by atoms with Gasteiger partial charge in [-0.3, -0.25) is 4.79 Å². The lowest BCUT2D eigenvalue weighted by Crippen LogP contribution is -2.48. The van der Waals surface area contributed by atoms with Gasteiger partial charge in [0.05, 0.1) is 0 Å². The second-order valence-corrected chi connectivity index (χ2v) is 6.34. The molecule has 0 aliphatic carbocycles. The number of urea groups is 1. The van der Waals surface area contributed by atoms with Gasteiger partial charge in [-0.2, -0.15) is 0 Å². The molecule has 5 heteroatoms. The Morgan fingerprint density at radius 3 is 2.25 bits per heavy atom. The highest BCUT2D eigenvalue weighted by Crippen LogP contribution is 2.20. The van der Waals surface area contributed by atoms with Crippen molar-refractivity contribution < 1.29 is 14.7 Å². The van der Waals surface area contributed by atoms with Gasteiger partial charge in [0, 0.05) is 18.5 Å². The Labute approximate surface area is 122 Å². The summed E-state index contributed by atoms with van der Waals surface area (Å²) < 4.78 is 0. The third-order valence-corrected chi connectivity index (χ3v) is 3.81. The number of carbonyl (C=O) groups is 2. The quantitative estimate of drug-likeness (QED) is 0.609. The van der Waals surface area contributed by atoms with Crippen molar-refractivity contribution in [3.63, 3.8) is 0 Å². The van der Waals surface area contributed by atoms with Crippen LogP contribution in [0.3, 0.4) is 0 Å². The Balaban J connectivity index is 4.05. The number of hydrogen-bond donors (Lipinski definition) is 3. The van der Waals surface area contributed by atoms with Crippen LogP contribution in [0.15, 0.2) is 0 Å². The molecule has 0 aliphatic heterocycles. The topological polar surface area (TPSA) is 78.4 Å². The van der Waals surface area contributed by atoms with E-state index in [0.29, 0.717) is 24.8 Å². The molecule has 118 valence electrons. The Kier molecular flexibility index (Phi) is 8.26. The first-order valence-corrected chi connectivity index (χ1v) is 7.45. The van der Waals surface area contributed by atoms with Crippen molar-refractivity contribution in [3.05, 3.63) is 0 Å². The normalized spacial score (nSPS) is 13.1. The first kappa shape index (κ1) is 18.7. The number of aliphatic carboxylic acids is 1. The van der Waals surface area contributed by atoms with Gasteiger partial charge < -0.3 is 15.7 Å². The summed E-state index contributed by atoms with van der Waals surface area (Å²) >= 11 is 0. The molecule has 20 heavy (non-hydrogen) atoms. The monoisotopic (exact) mass is 286 g/mol. The largest absolute Gasteiger partial charge is 0.481 e. The summed E-state index contributed by atoms with van der Waals surface area (Å²) in [5.74, 6) is -0.0112. The molecule has 0 fully saturated rings. The zero-order valence-electron chi connectivity index (χ0n) is 13.5. The fourth-order valence-corrected chi connectivity index (χ4v) is 1.93. The lowest BCUT2D eigenvalue weighted by Gasteiger charge is -2.25. The van der Waals surface area contributed by atoms with E-state index < -0.39 is 5.97 Å². The second-order valence-electron chi connectivity index (χ2n) is 6.34. The van der Waals surface area contributed by atoms with Gasteiger partial charge in [-0.15, -0.1) is 0 Å². The molecule has 0 aromatic carbocycles. The lowest BCUT2D eigenvalue weighted by atomic mass is 9.88. The number of carboxylic acids is 1. The summed E-state index contributed by atoms with van der Waals surface area (Å²) in [7, 11) is 0. The molecule has 1 atom stereocenters. The third kappa shape index (κ3) is 8.77. The van der Waals surface area contributed by atoms with E-state index in [0.717, 1.165) is 12.8 Å². The molecular weight excluding hydrogens is 256 g/mol. The highest BCUT2D eigenvalue weighted by molar-refractivity contribution is 5.74. The average molecular weight is 286 g/mol. The summed E-state index contributed by atoms with van der Waals surface area (Å²) in [5.41, 5.74) is -0.204. The van der Waals surface area contributed by atoms with Gasteiger partial charge in [0.15, 0.2) is 0 Å². The molecule has 0 aromatic rings. The van der Waals surface area contributed by atoms with Crippen molar-refractivity contribution in [3.8, 4) is 0 Å². The van der Waals surface area contributed by atoms with Crippen LogP contribution in [0.4, 0.5) is 4.79 Å². The van der Waals surface area contributed by atoms with Crippen LogP contribution >= 0.6 is 0 Å². The van der Waals surface area contributed by atoms with Gasteiger partial charge in [-0.05, 0) is 44.9 Å². The zero-order valence-corrected chi connectivity index (χ0v) is 13.5. The third-order valence-electron chi connectivity index (χ3n) is 3.81. The molecule has 0 saturated heterocycles. The predicted molar refractivity (Wildman–Crippen MR) is 80.7 cm³/mol. The fraction of sp³-hybridized carbons (Fsp3) is 0.867. The van der Waals surface area contributed by atoms with Gasteiger partial charge in [0.25, 0.3) is 0 Å². The maximum absolute atomic E-state index is 11.7. The molecule has 0 spiro atoms. The smallest absolute Gasteiger partial charge is 0.315 e.